The normalized spacial score (nSPS) is 36.2. The summed E-state index contributed by atoms with van der Waals surface area (Å²) in [4.78, 5) is 5.20. The molecule has 2 aliphatic heterocycles. The van der Waals surface area contributed by atoms with Crippen molar-refractivity contribution in [1.82, 2.24) is 9.80 Å². The first-order valence-electron chi connectivity index (χ1n) is 7.71. The highest BCUT2D eigenvalue weighted by molar-refractivity contribution is 4.97. The summed E-state index contributed by atoms with van der Waals surface area (Å²) in [6.45, 7) is 10.6. The highest BCUT2D eigenvalue weighted by atomic mass is 15.2. The summed E-state index contributed by atoms with van der Waals surface area (Å²) >= 11 is 0. The lowest BCUT2D eigenvalue weighted by Gasteiger charge is -2.41. The van der Waals surface area contributed by atoms with Gasteiger partial charge < -0.3 is 10.6 Å². The van der Waals surface area contributed by atoms with Crippen molar-refractivity contribution < 1.29 is 0 Å². The number of nitrogens with zero attached hydrogens (tertiary/aromatic N) is 2. The van der Waals surface area contributed by atoms with Crippen LogP contribution in [-0.2, 0) is 0 Å². The molecule has 0 aliphatic carbocycles. The molecular weight excluding hydrogens is 222 g/mol. The van der Waals surface area contributed by atoms with E-state index in [2.05, 4.69) is 30.7 Å². The van der Waals surface area contributed by atoms with Gasteiger partial charge in [0, 0.05) is 18.6 Å². The Kier molecular flexibility index (Phi) is 4.68. The van der Waals surface area contributed by atoms with Crippen molar-refractivity contribution in [3.63, 3.8) is 0 Å². The van der Waals surface area contributed by atoms with E-state index in [-0.39, 0.29) is 0 Å². The van der Waals surface area contributed by atoms with Crippen LogP contribution in [-0.4, -0.2) is 55.1 Å². The molecule has 2 atom stereocenters. The van der Waals surface area contributed by atoms with Crippen molar-refractivity contribution in [3.05, 3.63) is 0 Å². The smallest absolute Gasteiger partial charge is 0.0344 e. The van der Waals surface area contributed by atoms with Gasteiger partial charge >= 0.3 is 0 Å². The standard InChI is InChI=1S/C15H31N3/c1-13(2)14-5-9-18(11-14)15(12-16)6-4-8-17(3)10-7-15/h13-14H,4-12,16H2,1-3H3. The first-order chi connectivity index (χ1) is 8.57. The minimum Gasteiger partial charge on any atom is -0.329 e. The Bertz CT molecular complexity index is 266. The van der Waals surface area contributed by atoms with Gasteiger partial charge in [0.2, 0.25) is 0 Å². The number of rotatable bonds is 3. The maximum atomic E-state index is 6.19. The lowest BCUT2D eigenvalue weighted by molar-refractivity contribution is 0.0986. The minimum atomic E-state index is 0.300. The van der Waals surface area contributed by atoms with Gasteiger partial charge in [-0.25, -0.2) is 0 Å². The maximum absolute atomic E-state index is 6.19. The van der Waals surface area contributed by atoms with Crippen LogP contribution < -0.4 is 5.73 Å². The van der Waals surface area contributed by atoms with Crippen LogP contribution in [0.3, 0.4) is 0 Å². The van der Waals surface area contributed by atoms with Gasteiger partial charge in [0.1, 0.15) is 0 Å². The van der Waals surface area contributed by atoms with E-state index < -0.39 is 0 Å². The third-order valence-electron chi connectivity index (χ3n) is 5.36. The molecule has 3 heteroatoms. The minimum absolute atomic E-state index is 0.300. The fourth-order valence-corrected chi connectivity index (χ4v) is 3.73. The second kappa shape index (κ2) is 5.89. The van der Waals surface area contributed by atoms with Gasteiger partial charge in [-0.2, -0.15) is 0 Å². The molecule has 0 aromatic heterocycles. The van der Waals surface area contributed by atoms with Crippen molar-refractivity contribution in [2.75, 3.05) is 39.8 Å². The van der Waals surface area contributed by atoms with Gasteiger partial charge in [-0.1, -0.05) is 13.8 Å². The highest BCUT2D eigenvalue weighted by Gasteiger charge is 2.40. The van der Waals surface area contributed by atoms with Crippen molar-refractivity contribution in [2.45, 2.75) is 45.1 Å². The Hall–Kier alpha value is -0.120. The van der Waals surface area contributed by atoms with Crippen LogP contribution in [0.15, 0.2) is 0 Å². The van der Waals surface area contributed by atoms with E-state index in [1.54, 1.807) is 0 Å². The summed E-state index contributed by atoms with van der Waals surface area (Å²) in [6, 6.07) is 0. The zero-order valence-corrected chi connectivity index (χ0v) is 12.5. The topological polar surface area (TPSA) is 32.5 Å². The molecule has 106 valence electrons. The number of hydrogen-bond donors (Lipinski definition) is 1. The van der Waals surface area contributed by atoms with Crippen LogP contribution in [0.4, 0.5) is 0 Å². The molecule has 2 unspecified atom stereocenters. The third-order valence-corrected chi connectivity index (χ3v) is 5.36. The molecule has 0 spiro atoms. The Morgan fingerprint density at radius 3 is 2.61 bits per heavy atom. The fraction of sp³-hybridized carbons (Fsp3) is 1.00. The van der Waals surface area contributed by atoms with E-state index in [1.165, 1.54) is 51.9 Å². The van der Waals surface area contributed by atoms with Crippen molar-refractivity contribution in [3.8, 4) is 0 Å². The van der Waals surface area contributed by atoms with Crippen LogP contribution in [0.2, 0.25) is 0 Å². The van der Waals surface area contributed by atoms with Gasteiger partial charge in [0.05, 0.1) is 0 Å². The zero-order chi connectivity index (χ0) is 13.2. The summed E-state index contributed by atoms with van der Waals surface area (Å²) < 4.78 is 0. The average Bonchev–Trinajstić information content (AvgIpc) is 2.76. The molecule has 0 aromatic rings. The molecule has 2 fully saturated rings. The number of hydrogen-bond acceptors (Lipinski definition) is 3. The summed E-state index contributed by atoms with van der Waals surface area (Å²) in [5.74, 6) is 1.70. The van der Waals surface area contributed by atoms with Crippen LogP contribution in [0.5, 0.6) is 0 Å². The first-order valence-corrected chi connectivity index (χ1v) is 7.71. The second-order valence-corrected chi connectivity index (χ2v) is 6.82. The molecule has 2 heterocycles. The number of likely N-dealkylation sites (tertiary alicyclic amines) is 2. The lowest BCUT2D eigenvalue weighted by Crippen LogP contribution is -2.53. The molecule has 18 heavy (non-hydrogen) atoms. The largest absolute Gasteiger partial charge is 0.329 e. The van der Waals surface area contributed by atoms with Gasteiger partial charge in [-0.05, 0) is 64.2 Å². The quantitative estimate of drug-likeness (QED) is 0.832. The predicted octanol–water partition coefficient (Wildman–Crippen LogP) is 1.78. The van der Waals surface area contributed by atoms with Gasteiger partial charge in [0.15, 0.2) is 0 Å². The average molecular weight is 253 g/mol. The van der Waals surface area contributed by atoms with E-state index in [0.717, 1.165) is 18.4 Å². The second-order valence-electron chi connectivity index (χ2n) is 6.82. The summed E-state index contributed by atoms with van der Waals surface area (Å²) in [7, 11) is 2.24. The monoisotopic (exact) mass is 253 g/mol. The highest BCUT2D eigenvalue weighted by Crippen LogP contribution is 2.34. The molecule has 0 saturated carbocycles. The molecule has 2 rings (SSSR count). The molecular formula is C15H31N3. The summed E-state index contributed by atoms with van der Waals surface area (Å²) in [5, 5.41) is 0. The van der Waals surface area contributed by atoms with E-state index >= 15 is 0 Å². The molecule has 0 bridgehead atoms. The predicted molar refractivity (Wildman–Crippen MR) is 77.7 cm³/mol. The molecule has 2 N–H and O–H groups in total. The molecule has 3 nitrogen and oxygen atoms in total. The Morgan fingerprint density at radius 2 is 2.00 bits per heavy atom. The van der Waals surface area contributed by atoms with Crippen molar-refractivity contribution in [2.24, 2.45) is 17.6 Å². The van der Waals surface area contributed by atoms with Crippen LogP contribution in [0, 0.1) is 11.8 Å². The Labute approximate surface area is 113 Å². The zero-order valence-electron chi connectivity index (χ0n) is 12.5. The Balaban J connectivity index is 2.03. The molecule has 2 aliphatic rings. The first kappa shape index (κ1) is 14.3. The van der Waals surface area contributed by atoms with Gasteiger partial charge in [0.25, 0.3) is 0 Å². The fourth-order valence-electron chi connectivity index (χ4n) is 3.73. The molecule has 0 amide bonds. The SMILES string of the molecule is CC(C)C1CCN(C2(CN)CCCN(C)CC2)C1. The van der Waals surface area contributed by atoms with Crippen LogP contribution in [0.1, 0.15) is 39.5 Å². The van der Waals surface area contributed by atoms with E-state index in [1.807, 2.05) is 0 Å². The molecule has 2 saturated heterocycles. The lowest BCUT2D eigenvalue weighted by atomic mass is 9.88. The van der Waals surface area contributed by atoms with Crippen molar-refractivity contribution in [1.29, 1.82) is 0 Å². The van der Waals surface area contributed by atoms with Crippen molar-refractivity contribution >= 4 is 0 Å². The van der Waals surface area contributed by atoms with E-state index in [9.17, 15) is 0 Å². The Morgan fingerprint density at radius 1 is 1.22 bits per heavy atom. The third kappa shape index (κ3) is 2.89. The van der Waals surface area contributed by atoms with Gasteiger partial charge in [-0.3, -0.25) is 4.90 Å². The van der Waals surface area contributed by atoms with Crippen LogP contribution in [0.25, 0.3) is 0 Å². The molecule has 0 radical (unpaired) electrons. The number of nitrogens with two attached hydrogens (primary N) is 1. The van der Waals surface area contributed by atoms with E-state index in [4.69, 9.17) is 5.73 Å². The van der Waals surface area contributed by atoms with Gasteiger partial charge in [-0.15, -0.1) is 0 Å². The van der Waals surface area contributed by atoms with E-state index in [0.29, 0.717) is 5.54 Å². The summed E-state index contributed by atoms with van der Waals surface area (Å²) in [6.07, 6.45) is 5.22. The molecule has 0 aromatic carbocycles. The maximum Gasteiger partial charge on any atom is 0.0344 e. The summed E-state index contributed by atoms with van der Waals surface area (Å²) in [5.41, 5.74) is 6.49. The van der Waals surface area contributed by atoms with Crippen LogP contribution >= 0.6 is 0 Å².